The van der Waals surface area contributed by atoms with Gasteiger partial charge in [0.05, 0.1) is 6.20 Å². The van der Waals surface area contributed by atoms with Crippen molar-refractivity contribution in [1.29, 1.82) is 0 Å². The molecule has 0 aliphatic carbocycles. The smallest absolute Gasteiger partial charge is 0.253 e. The minimum Gasteiger partial charge on any atom is -0.253 e. The Labute approximate surface area is 135 Å². The second kappa shape index (κ2) is 6.41. The Morgan fingerprint density at radius 2 is 2.00 bits per heavy atom. The molecule has 1 atom stereocenters. The number of hydrogen-bond donors (Lipinski definition) is 0. The molecule has 23 heavy (non-hydrogen) atoms. The number of halogens is 1. The van der Waals surface area contributed by atoms with Crippen molar-refractivity contribution in [2.24, 2.45) is 0 Å². The fraction of sp³-hybridized carbons (Fsp3) is 0.438. The summed E-state index contributed by atoms with van der Waals surface area (Å²) in [5, 5.41) is 4.35. The molecule has 2 heterocycles. The Morgan fingerprint density at radius 1 is 1.26 bits per heavy atom. The first-order valence-electron chi connectivity index (χ1n) is 7.80. The Balaban J connectivity index is 1.80. The summed E-state index contributed by atoms with van der Waals surface area (Å²) >= 11 is 0. The molecule has 7 heteroatoms. The molecule has 1 aliphatic rings. The van der Waals surface area contributed by atoms with Crippen molar-refractivity contribution >= 4 is 10.0 Å². The third kappa shape index (κ3) is 3.16. The van der Waals surface area contributed by atoms with E-state index in [9.17, 15) is 12.8 Å². The summed E-state index contributed by atoms with van der Waals surface area (Å²) in [6.07, 6.45) is 3.09. The highest BCUT2D eigenvalue weighted by molar-refractivity contribution is 7.89. The van der Waals surface area contributed by atoms with Gasteiger partial charge in [-0.2, -0.15) is 9.40 Å². The van der Waals surface area contributed by atoms with Crippen LogP contribution in [-0.4, -0.2) is 35.6 Å². The standard InChI is InChI=1S/C16H20FN3O2S/c1-2-10-20-16(7-9-18-20)23(21,22)19-11-8-14(12-19)13-3-5-15(17)6-4-13/h3-7,9,14H,2,8,10-12H2,1H3/t14-/m1/s1. The van der Waals surface area contributed by atoms with Crippen molar-refractivity contribution in [1.82, 2.24) is 14.1 Å². The van der Waals surface area contributed by atoms with Crippen molar-refractivity contribution in [3.05, 3.63) is 47.9 Å². The molecule has 5 nitrogen and oxygen atoms in total. The molecule has 0 amide bonds. The van der Waals surface area contributed by atoms with Gasteiger partial charge in [-0.3, -0.25) is 4.68 Å². The van der Waals surface area contributed by atoms with E-state index in [1.165, 1.54) is 22.6 Å². The average molecular weight is 337 g/mol. The Morgan fingerprint density at radius 3 is 2.70 bits per heavy atom. The van der Waals surface area contributed by atoms with E-state index in [-0.39, 0.29) is 16.8 Å². The van der Waals surface area contributed by atoms with Gasteiger partial charge in [-0.05, 0) is 42.5 Å². The second-order valence-electron chi connectivity index (χ2n) is 5.79. The van der Waals surface area contributed by atoms with Gasteiger partial charge in [-0.25, -0.2) is 12.8 Å². The van der Waals surface area contributed by atoms with E-state index >= 15 is 0 Å². The number of nitrogens with zero attached hydrogens (tertiary/aromatic N) is 3. The fourth-order valence-electron chi connectivity index (χ4n) is 3.01. The van der Waals surface area contributed by atoms with Gasteiger partial charge in [0.1, 0.15) is 5.82 Å². The summed E-state index contributed by atoms with van der Waals surface area (Å²) in [7, 11) is -3.54. The van der Waals surface area contributed by atoms with Gasteiger partial charge < -0.3 is 0 Å². The molecule has 0 saturated carbocycles. The zero-order valence-electron chi connectivity index (χ0n) is 13.0. The fourth-order valence-corrected chi connectivity index (χ4v) is 4.63. The number of rotatable bonds is 5. The molecule has 0 unspecified atom stereocenters. The molecule has 1 aliphatic heterocycles. The molecule has 1 aromatic carbocycles. The molecular weight excluding hydrogens is 317 g/mol. The number of sulfonamides is 1. The normalized spacial score (nSPS) is 19.3. The summed E-state index contributed by atoms with van der Waals surface area (Å²) < 4.78 is 41.7. The minimum atomic E-state index is -3.54. The van der Waals surface area contributed by atoms with Gasteiger partial charge in [-0.15, -0.1) is 0 Å². The van der Waals surface area contributed by atoms with E-state index in [1.54, 1.807) is 22.9 Å². The van der Waals surface area contributed by atoms with Crippen molar-refractivity contribution < 1.29 is 12.8 Å². The lowest BCUT2D eigenvalue weighted by Crippen LogP contribution is -2.30. The van der Waals surface area contributed by atoms with Crippen LogP contribution in [0.1, 0.15) is 31.2 Å². The molecule has 1 fully saturated rings. The predicted molar refractivity (Wildman–Crippen MR) is 85.0 cm³/mol. The molecular formula is C16H20FN3O2S. The molecule has 1 aromatic heterocycles. The summed E-state index contributed by atoms with van der Waals surface area (Å²) in [5.41, 5.74) is 0.978. The lowest BCUT2D eigenvalue weighted by atomic mass is 9.99. The van der Waals surface area contributed by atoms with E-state index in [1.807, 2.05) is 6.92 Å². The molecule has 124 valence electrons. The Bertz CT molecular complexity index is 771. The van der Waals surface area contributed by atoms with Crippen molar-refractivity contribution in [2.45, 2.75) is 37.3 Å². The molecule has 0 spiro atoms. The van der Waals surface area contributed by atoms with Crippen molar-refractivity contribution in [3.63, 3.8) is 0 Å². The van der Waals surface area contributed by atoms with Crippen LogP contribution in [0.3, 0.4) is 0 Å². The quantitative estimate of drug-likeness (QED) is 0.843. The number of benzene rings is 1. The van der Waals surface area contributed by atoms with E-state index in [0.717, 1.165) is 18.4 Å². The maximum atomic E-state index is 13.0. The average Bonchev–Trinajstić information content (AvgIpc) is 3.18. The largest absolute Gasteiger partial charge is 0.260 e. The van der Waals surface area contributed by atoms with Crippen LogP contribution in [0.15, 0.2) is 41.6 Å². The number of aryl methyl sites for hydroxylation is 1. The van der Waals surface area contributed by atoms with Gasteiger partial charge in [0.15, 0.2) is 5.03 Å². The van der Waals surface area contributed by atoms with Crippen LogP contribution in [0.25, 0.3) is 0 Å². The van der Waals surface area contributed by atoms with Crippen LogP contribution in [0, 0.1) is 5.82 Å². The molecule has 1 saturated heterocycles. The van der Waals surface area contributed by atoms with Gasteiger partial charge in [0.25, 0.3) is 10.0 Å². The van der Waals surface area contributed by atoms with Crippen molar-refractivity contribution in [2.75, 3.05) is 13.1 Å². The maximum absolute atomic E-state index is 13.0. The first-order chi connectivity index (χ1) is 11.0. The second-order valence-corrected chi connectivity index (χ2v) is 7.68. The minimum absolute atomic E-state index is 0.105. The van der Waals surface area contributed by atoms with Crippen LogP contribution in [0.4, 0.5) is 4.39 Å². The predicted octanol–water partition coefficient (Wildman–Crippen LogP) is 2.61. The molecule has 0 N–H and O–H groups in total. The van der Waals surface area contributed by atoms with Crippen LogP contribution >= 0.6 is 0 Å². The maximum Gasteiger partial charge on any atom is 0.260 e. The van der Waals surface area contributed by atoms with E-state index in [0.29, 0.717) is 19.6 Å². The molecule has 2 aromatic rings. The van der Waals surface area contributed by atoms with Gasteiger partial charge >= 0.3 is 0 Å². The summed E-state index contributed by atoms with van der Waals surface area (Å²) in [4.78, 5) is 0. The van der Waals surface area contributed by atoms with Crippen LogP contribution < -0.4 is 0 Å². The van der Waals surface area contributed by atoms with Crippen LogP contribution in [0.2, 0.25) is 0 Å². The third-order valence-corrected chi connectivity index (χ3v) is 6.10. The highest BCUT2D eigenvalue weighted by Gasteiger charge is 2.34. The molecule has 0 bridgehead atoms. The SMILES string of the molecule is CCCn1nccc1S(=O)(=O)N1CC[C@@H](c2ccc(F)cc2)C1. The van der Waals surface area contributed by atoms with Crippen LogP contribution in [-0.2, 0) is 16.6 Å². The topological polar surface area (TPSA) is 55.2 Å². The van der Waals surface area contributed by atoms with Gasteiger partial charge in [0, 0.05) is 19.6 Å². The summed E-state index contributed by atoms with van der Waals surface area (Å²) in [5.74, 6) is -0.174. The Hall–Kier alpha value is -1.73. The summed E-state index contributed by atoms with van der Waals surface area (Å²) in [6.45, 7) is 3.46. The lowest BCUT2D eigenvalue weighted by molar-refractivity contribution is 0.454. The molecule has 3 rings (SSSR count). The first-order valence-corrected chi connectivity index (χ1v) is 9.24. The third-order valence-electron chi connectivity index (χ3n) is 4.21. The van der Waals surface area contributed by atoms with Gasteiger partial charge in [-0.1, -0.05) is 19.1 Å². The summed E-state index contributed by atoms with van der Waals surface area (Å²) in [6, 6.07) is 7.86. The van der Waals surface area contributed by atoms with Gasteiger partial charge in [0.2, 0.25) is 0 Å². The highest BCUT2D eigenvalue weighted by Crippen LogP contribution is 2.31. The Kier molecular flexibility index (Phi) is 4.50. The lowest BCUT2D eigenvalue weighted by Gasteiger charge is -2.17. The van der Waals surface area contributed by atoms with E-state index in [4.69, 9.17) is 0 Å². The van der Waals surface area contributed by atoms with E-state index < -0.39 is 10.0 Å². The van der Waals surface area contributed by atoms with Crippen molar-refractivity contribution in [3.8, 4) is 0 Å². The zero-order chi connectivity index (χ0) is 16.4. The number of aromatic nitrogens is 2. The number of hydrogen-bond acceptors (Lipinski definition) is 3. The highest BCUT2D eigenvalue weighted by atomic mass is 32.2. The monoisotopic (exact) mass is 337 g/mol. The zero-order valence-corrected chi connectivity index (χ0v) is 13.8. The van der Waals surface area contributed by atoms with Crippen LogP contribution in [0.5, 0.6) is 0 Å². The first kappa shape index (κ1) is 16.1. The van der Waals surface area contributed by atoms with E-state index in [2.05, 4.69) is 5.10 Å². The molecule has 0 radical (unpaired) electrons.